The van der Waals surface area contributed by atoms with Gasteiger partial charge in [0.05, 0.1) is 8.66 Å². The molecular formula is C18H18BrN3O2S. The summed E-state index contributed by atoms with van der Waals surface area (Å²) < 4.78 is 0.883. The van der Waals surface area contributed by atoms with Crippen LogP contribution in [0.2, 0.25) is 0 Å². The van der Waals surface area contributed by atoms with Gasteiger partial charge in [-0.1, -0.05) is 18.2 Å². The van der Waals surface area contributed by atoms with E-state index in [1.165, 1.54) is 16.7 Å². The minimum atomic E-state index is -0.587. The average molecular weight is 420 g/mol. The van der Waals surface area contributed by atoms with Crippen LogP contribution in [-0.2, 0) is 11.2 Å². The fourth-order valence-corrected chi connectivity index (χ4v) is 3.87. The lowest BCUT2D eigenvalue weighted by molar-refractivity contribution is -0.122. The van der Waals surface area contributed by atoms with Crippen LogP contribution in [0.5, 0.6) is 0 Å². The topological polar surface area (TPSA) is 74.0 Å². The van der Waals surface area contributed by atoms with E-state index in [1.807, 2.05) is 30.5 Å². The molecule has 2 aromatic heterocycles. The molecule has 5 nitrogen and oxygen atoms in total. The summed E-state index contributed by atoms with van der Waals surface area (Å²) in [4.78, 5) is 28.0. The number of rotatable bonds is 6. The molecule has 0 saturated carbocycles. The van der Waals surface area contributed by atoms with E-state index in [4.69, 9.17) is 0 Å². The Hall–Kier alpha value is -2.12. The molecule has 0 saturated heterocycles. The first-order valence-corrected chi connectivity index (χ1v) is 9.54. The lowest BCUT2D eigenvalue weighted by atomic mass is 10.1. The van der Waals surface area contributed by atoms with Crippen molar-refractivity contribution in [3.8, 4) is 0 Å². The van der Waals surface area contributed by atoms with Gasteiger partial charge in [-0.05, 0) is 53.0 Å². The van der Waals surface area contributed by atoms with Crippen molar-refractivity contribution >= 4 is 50.0 Å². The fourth-order valence-electron chi connectivity index (χ4n) is 2.58. The van der Waals surface area contributed by atoms with Crippen LogP contribution in [0.4, 0.5) is 0 Å². The number of benzene rings is 1. The van der Waals surface area contributed by atoms with Gasteiger partial charge in [-0.2, -0.15) is 0 Å². The summed E-state index contributed by atoms with van der Waals surface area (Å²) in [5.74, 6) is -0.432. The number of carbonyl (C=O) groups is 2. The van der Waals surface area contributed by atoms with Gasteiger partial charge in [0, 0.05) is 23.6 Å². The van der Waals surface area contributed by atoms with E-state index >= 15 is 0 Å². The molecule has 7 heteroatoms. The summed E-state index contributed by atoms with van der Waals surface area (Å²) in [6, 6.07) is 11.0. The third kappa shape index (κ3) is 4.29. The Morgan fingerprint density at radius 2 is 2.04 bits per heavy atom. The van der Waals surface area contributed by atoms with E-state index in [9.17, 15) is 9.59 Å². The maximum Gasteiger partial charge on any atom is 0.262 e. The molecule has 130 valence electrons. The maximum atomic E-state index is 12.2. The van der Waals surface area contributed by atoms with Gasteiger partial charge in [0.2, 0.25) is 5.91 Å². The highest BCUT2D eigenvalue weighted by Crippen LogP contribution is 2.22. The molecule has 25 heavy (non-hydrogen) atoms. The third-order valence-electron chi connectivity index (χ3n) is 3.91. The number of para-hydroxylation sites is 1. The average Bonchev–Trinajstić information content (AvgIpc) is 3.21. The molecule has 2 heterocycles. The molecule has 0 fully saturated rings. The first kappa shape index (κ1) is 17.7. The van der Waals surface area contributed by atoms with Gasteiger partial charge in [-0.15, -0.1) is 11.3 Å². The van der Waals surface area contributed by atoms with E-state index in [2.05, 4.69) is 37.6 Å². The van der Waals surface area contributed by atoms with Crippen LogP contribution < -0.4 is 10.6 Å². The van der Waals surface area contributed by atoms with E-state index in [1.54, 1.807) is 13.0 Å². The standard InChI is InChI=1S/C18H18BrN3O2S/c1-11(22-18(24)15-6-7-16(19)25-15)17(23)20-9-8-12-10-21-14-5-3-2-4-13(12)14/h2-7,10-11,21H,8-9H2,1H3,(H,20,23)(H,22,24). The predicted molar refractivity (Wildman–Crippen MR) is 104 cm³/mol. The van der Waals surface area contributed by atoms with Crippen LogP contribution in [0.25, 0.3) is 10.9 Å². The zero-order chi connectivity index (χ0) is 17.8. The Bertz CT molecular complexity index is 903. The first-order valence-electron chi connectivity index (χ1n) is 7.93. The number of hydrogen-bond donors (Lipinski definition) is 3. The number of aromatic nitrogens is 1. The Balaban J connectivity index is 1.49. The number of aromatic amines is 1. The molecule has 0 spiro atoms. The highest BCUT2D eigenvalue weighted by Gasteiger charge is 2.17. The predicted octanol–water partition coefficient (Wildman–Crippen LogP) is 3.47. The molecule has 0 bridgehead atoms. The quantitative estimate of drug-likeness (QED) is 0.572. The number of carbonyl (C=O) groups excluding carboxylic acids is 2. The lowest BCUT2D eigenvalue weighted by Crippen LogP contribution is -2.45. The Morgan fingerprint density at radius 3 is 2.80 bits per heavy atom. The van der Waals surface area contributed by atoms with E-state index in [-0.39, 0.29) is 11.8 Å². The Kier molecular flexibility index (Phi) is 5.55. The summed E-state index contributed by atoms with van der Waals surface area (Å²) in [6.45, 7) is 2.20. The van der Waals surface area contributed by atoms with Gasteiger partial charge in [-0.3, -0.25) is 9.59 Å². The van der Waals surface area contributed by atoms with Crippen molar-refractivity contribution in [1.82, 2.24) is 15.6 Å². The number of hydrogen-bond acceptors (Lipinski definition) is 3. The molecule has 0 aliphatic rings. The minimum Gasteiger partial charge on any atom is -0.361 e. The van der Waals surface area contributed by atoms with Crippen LogP contribution in [-0.4, -0.2) is 29.4 Å². The summed E-state index contributed by atoms with van der Waals surface area (Å²) in [5.41, 5.74) is 2.25. The smallest absolute Gasteiger partial charge is 0.262 e. The van der Waals surface area contributed by atoms with Gasteiger partial charge >= 0.3 is 0 Å². The number of nitrogens with one attached hydrogen (secondary N) is 3. The molecule has 2 amide bonds. The minimum absolute atomic E-state index is 0.191. The van der Waals surface area contributed by atoms with Crippen LogP contribution in [0.3, 0.4) is 0 Å². The molecule has 0 aliphatic heterocycles. The van der Waals surface area contributed by atoms with Crippen molar-refractivity contribution in [3.63, 3.8) is 0 Å². The number of thiophene rings is 1. The highest BCUT2D eigenvalue weighted by atomic mass is 79.9. The summed E-state index contributed by atoms with van der Waals surface area (Å²) in [6.07, 6.45) is 2.70. The second kappa shape index (κ2) is 7.84. The molecule has 1 unspecified atom stereocenters. The van der Waals surface area contributed by atoms with Crippen molar-refractivity contribution < 1.29 is 9.59 Å². The van der Waals surface area contributed by atoms with E-state index in [0.717, 1.165) is 21.3 Å². The van der Waals surface area contributed by atoms with Gasteiger partial charge in [0.25, 0.3) is 5.91 Å². The van der Waals surface area contributed by atoms with E-state index < -0.39 is 6.04 Å². The van der Waals surface area contributed by atoms with Gasteiger partial charge < -0.3 is 15.6 Å². The number of H-pyrrole nitrogens is 1. The zero-order valence-electron chi connectivity index (χ0n) is 13.6. The van der Waals surface area contributed by atoms with Crippen LogP contribution >= 0.6 is 27.3 Å². The van der Waals surface area contributed by atoms with E-state index in [0.29, 0.717) is 11.4 Å². The molecule has 3 aromatic rings. The normalized spacial score (nSPS) is 12.1. The lowest BCUT2D eigenvalue weighted by Gasteiger charge is -2.13. The SMILES string of the molecule is CC(NC(=O)c1ccc(Br)s1)C(=O)NCCc1c[nH]c2ccccc12. The molecule has 1 aromatic carbocycles. The van der Waals surface area contributed by atoms with Crippen molar-refractivity contribution in [2.75, 3.05) is 6.54 Å². The van der Waals surface area contributed by atoms with Crippen LogP contribution in [0, 0.1) is 0 Å². The number of amides is 2. The maximum absolute atomic E-state index is 12.2. The highest BCUT2D eigenvalue weighted by molar-refractivity contribution is 9.11. The second-order valence-corrected chi connectivity index (χ2v) is 8.16. The molecule has 0 aliphatic carbocycles. The Labute approximate surface area is 157 Å². The van der Waals surface area contributed by atoms with Crippen molar-refractivity contribution in [2.45, 2.75) is 19.4 Å². The zero-order valence-corrected chi connectivity index (χ0v) is 16.0. The van der Waals surface area contributed by atoms with Gasteiger partial charge in [0.1, 0.15) is 6.04 Å². The molecule has 0 radical (unpaired) electrons. The number of fused-ring (bicyclic) bond motifs is 1. The van der Waals surface area contributed by atoms with Gasteiger partial charge in [0.15, 0.2) is 0 Å². The summed E-state index contributed by atoms with van der Waals surface area (Å²) in [7, 11) is 0. The van der Waals surface area contributed by atoms with Crippen LogP contribution in [0.1, 0.15) is 22.2 Å². The molecular weight excluding hydrogens is 402 g/mol. The Morgan fingerprint density at radius 1 is 1.24 bits per heavy atom. The molecule has 3 rings (SSSR count). The molecule has 3 N–H and O–H groups in total. The number of halogens is 1. The fraction of sp³-hybridized carbons (Fsp3) is 0.222. The first-order chi connectivity index (χ1) is 12.0. The summed E-state index contributed by atoms with van der Waals surface area (Å²) >= 11 is 4.66. The monoisotopic (exact) mass is 419 g/mol. The largest absolute Gasteiger partial charge is 0.361 e. The molecule has 1 atom stereocenters. The van der Waals surface area contributed by atoms with Crippen LogP contribution in [0.15, 0.2) is 46.4 Å². The van der Waals surface area contributed by atoms with Crippen molar-refractivity contribution in [3.05, 3.63) is 56.8 Å². The van der Waals surface area contributed by atoms with Crippen molar-refractivity contribution in [2.24, 2.45) is 0 Å². The van der Waals surface area contributed by atoms with Crippen molar-refractivity contribution in [1.29, 1.82) is 0 Å². The summed E-state index contributed by atoms with van der Waals surface area (Å²) in [5, 5.41) is 6.76. The van der Waals surface area contributed by atoms with Gasteiger partial charge in [-0.25, -0.2) is 0 Å². The second-order valence-electron chi connectivity index (χ2n) is 5.70. The third-order valence-corrected chi connectivity index (χ3v) is 5.53.